The first-order valence-corrected chi connectivity index (χ1v) is 5.16. The fourth-order valence-corrected chi connectivity index (χ4v) is 1.79. The molecule has 1 heterocycles. The van der Waals surface area contributed by atoms with E-state index in [2.05, 4.69) is 9.97 Å². The SMILES string of the molecule is CC1(C)OC(=O)Nc2c(F)cc(OB(O)O)cc21. The van der Waals surface area contributed by atoms with Gasteiger partial charge in [-0.1, -0.05) is 0 Å². The van der Waals surface area contributed by atoms with Crippen LogP contribution in [0.25, 0.3) is 0 Å². The second-order valence-corrected chi connectivity index (χ2v) is 4.30. The third kappa shape index (κ3) is 2.25. The van der Waals surface area contributed by atoms with Gasteiger partial charge in [0, 0.05) is 11.6 Å². The van der Waals surface area contributed by atoms with Gasteiger partial charge in [0.2, 0.25) is 0 Å². The summed E-state index contributed by atoms with van der Waals surface area (Å²) in [4.78, 5) is 11.2. The summed E-state index contributed by atoms with van der Waals surface area (Å²) in [6.45, 7) is 3.17. The Kier molecular flexibility index (Phi) is 2.91. The summed E-state index contributed by atoms with van der Waals surface area (Å²) in [7, 11) is -2.05. The van der Waals surface area contributed by atoms with Gasteiger partial charge in [-0.15, -0.1) is 0 Å². The van der Waals surface area contributed by atoms with Crippen molar-refractivity contribution in [2.75, 3.05) is 5.32 Å². The van der Waals surface area contributed by atoms with Crippen LogP contribution in [-0.2, 0) is 10.3 Å². The molecule has 0 saturated heterocycles. The number of anilines is 1. The van der Waals surface area contributed by atoms with Crippen molar-refractivity contribution in [3.63, 3.8) is 0 Å². The Balaban J connectivity index is 2.51. The van der Waals surface area contributed by atoms with Gasteiger partial charge in [0.15, 0.2) is 5.82 Å². The van der Waals surface area contributed by atoms with Gasteiger partial charge in [0.25, 0.3) is 0 Å². The molecule has 0 radical (unpaired) electrons. The molecular formula is C10H11BFNO5. The number of halogens is 1. The molecular weight excluding hydrogens is 244 g/mol. The van der Waals surface area contributed by atoms with Crippen LogP contribution in [-0.4, -0.2) is 23.5 Å². The van der Waals surface area contributed by atoms with E-state index in [-0.39, 0.29) is 11.4 Å². The Morgan fingerprint density at radius 1 is 1.44 bits per heavy atom. The first-order chi connectivity index (χ1) is 8.29. The first-order valence-electron chi connectivity index (χ1n) is 5.16. The lowest BCUT2D eigenvalue weighted by atomic mass is 9.94. The highest BCUT2D eigenvalue weighted by Gasteiger charge is 2.36. The van der Waals surface area contributed by atoms with Crippen LogP contribution in [0.2, 0.25) is 0 Å². The van der Waals surface area contributed by atoms with Crippen LogP contribution in [0.15, 0.2) is 12.1 Å². The lowest BCUT2D eigenvalue weighted by Crippen LogP contribution is -2.35. The molecule has 2 rings (SSSR count). The number of amides is 1. The minimum Gasteiger partial charge on any atom is -0.512 e. The number of nitrogens with one attached hydrogen (secondary N) is 1. The van der Waals surface area contributed by atoms with Crippen molar-refractivity contribution in [1.29, 1.82) is 0 Å². The minimum absolute atomic E-state index is 0.00368. The molecule has 1 aromatic rings. The topological polar surface area (TPSA) is 88.0 Å². The molecule has 0 aliphatic carbocycles. The molecule has 0 aromatic heterocycles. The number of rotatable bonds is 2. The van der Waals surface area contributed by atoms with E-state index in [1.54, 1.807) is 13.8 Å². The molecule has 0 bridgehead atoms. The zero-order valence-corrected chi connectivity index (χ0v) is 9.73. The third-order valence-electron chi connectivity index (χ3n) is 2.53. The monoisotopic (exact) mass is 255 g/mol. The molecule has 8 heteroatoms. The van der Waals surface area contributed by atoms with Crippen molar-refractivity contribution >= 4 is 19.1 Å². The van der Waals surface area contributed by atoms with E-state index in [9.17, 15) is 9.18 Å². The minimum atomic E-state index is -2.05. The summed E-state index contributed by atoms with van der Waals surface area (Å²) in [6.07, 6.45) is -0.748. The number of hydrogen-bond donors (Lipinski definition) is 3. The maximum atomic E-state index is 13.8. The molecule has 96 valence electrons. The van der Waals surface area contributed by atoms with Crippen molar-refractivity contribution in [2.24, 2.45) is 0 Å². The van der Waals surface area contributed by atoms with Gasteiger partial charge in [-0.05, 0) is 19.9 Å². The molecule has 0 saturated carbocycles. The van der Waals surface area contributed by atoms with Crippen molar-refractivity contribution < 1.29 is 28.6 Å². The average molecular weight is 255 g/mol. The Morgan fingerprint density at radius 3 is 2.72 bits per heavy atom. The van der Waals surface area contributed by atoms with Crippen LogP contribution in [0.5, 0.6) is 5.75 Å². The number of carbonyl (C=O) groups is 1. The molecule has 1 aromatic carbocycles. The summed E-state index contributed by atoms with van der Waals surface area (Å²) in [5, 5.41) is 19.6. The van der Waals surface area contributed by atoms with Gasteiger partial charge in [-0.2, -0.15) is 0 Å². The predicted molar refractivity (Wildman–Crippen MR) is 60.3 cm³/mol. The predicted octanol–water partition coefficient (Wildman–Crippen LogP) is 0.971. The lowest BCUT2D eigenvalue weighted by molar-refractivity contribution is 0.0414. The van der Waals surface area contributed by atoms with Crippen molar-refractivity contribution in [2.45, 2.75) is 19.4 Å². The fourth-order valence-electron chi connectivity index (χ4n) is 1.79. The molecule has 18 heavy (non-hydrogen) atoms. The van der Waals surface area contributed by atoms with Crippen molar-refractivity contribution in [3.05, 3.63) is 23.5 Å². The molecule has 1 aliphatic rings. The maximum absolute atomic E-state index is 13.8. The zero-order valence-electron chi connectivity index (χ0n) is 9.73. The van der Waals surface area contributed by atoms with Crippen LogP contribution in [0.3, 0.4) is 0 Å². The number of hydrogen-bond acceptors (Lipinski definition) is 5. The highest BCUT2D eigenvalue weighted by atomic mass is 19.1. The molecule has 1 amide bonds. The molecule has 0 spiro atoms. The van der Waals surface area contributed by atoms with Gasteiger partial charge < -0.3 is 19.4 Å². The van der Waals surface area contributed by atoms with Gasteiger partial charge in [0.05, 0.1) is 5.69 Å². The van der Waals surface area contributed by atoms with Gasteiger partial charge >= 0.3 is 13.4 Å². The quantitative estimate of drug-likeness (QED) is 0.685. The Morgan fingerprint density at radius 2 is 2.11 bits per heavy atom. The molecule has 0 unspecified atom stereocenters. The molecule has 1 aliphatic heterocycles. The standard InChI is InChI=1S/C10H11BFNO5/c1-10(2)6-3-5(18-11(15)16)4-7(12)8(6)13-9(14)17-10/h3-4,15-16H,1-2H3,(H,13,14). The van der Waals surface area contributed by atoms with E-state index < -0.39 is 24.8 Å². The fraction of sp³-hybridized carbons (Fsp3) is 0.300. The summed E-state index contributed by atoms with van der Waals surface area (Å²) in [5.41, 5.74) is -0.702. The molecule has 6 nitrogen and oxygen atoms in total. The van der Waals surface area contributed by atoms with Crippen LogP contribution in [0.4, 0.5) is 14.9 Å². The van der Waals surface area contributed by atoms with E-state index in [1.807, 2.05) is 0 Å². The summed E-state index contributed by atoms with van der Waals surface area (Å²) >= 11 is 0. The van der Waals surface area contributed by atoms with Crippen molar-refractivity contribution in [3.8, 4) is 5.75 Å². The second-order valence-electron chi connectivity index (χ2n) is 4.30. The largest absolute Gasteiger partial charge is 0.707 e. The number of cyclic esters (lactones) is 1. The van der Waals surface area contributed by atoms with E-state index in [0.29, 0.717) is 5.56 Å². The highest BCUT2D eigenvalue weighted by Crippen LogP contribution is 2.39. The lowest BCUT2D eigenvalue weighted by Gasteiger charge is -2.32. The summed E-state index contributed by atoms with van der Waals surface area (Å²) in [5.74, 6) is -0.818. The Bertz CT molecular complexity index is 505. The first kappa shape index (κ1) is 12.7. The van der Waals surface area contributed by atoms with Crippen LogP contribution in [0.1, 0.15) is 19.4 Å². The van der Waals surface area contributed by atoms with E-state index in [4.69, 9.17) is 14.8 Å². The molecule has 0 fully saturated rings. The Hall–Kier alpha value is -1.80. The number of carbonyl (C=O) groups excluding carboxylic acids is 1. The van der Waals surface area contributed by atoms with Gasteiger partial charge in [0.1, 0.15) is 11.4 Å². The highest BCUT2D eigenvalue weighted by molar-refractivity contribution is 6.33. The van der Waals surface area contributed by atoms with Gasteiger partial charge in [-0.25, -0.2) is 9.18 Å². The average Bonchev–Trinajstić information content (AvgIpc) is 2.18. The Labute approximate surface area is 103 Å². The van der Waals surface area contributed by atoms with E-state index >= 15 is 0 Å². The number of benzene rings is 1. The normalized spacial score (nSPS) is 16.4. The molecule has 3 N–H and O–H groups in total. The second kappa shape index (κ2) is 4.15. The molecule has 0 atom stereocenters. The van der Waals surface area contributed by atoms with Gasteiger partial charge in [-0.3, -0.25) is 5.32 Å². The van der Waals surface area contributed by atoms with E-state index in [0.717, 1.165) is 6.07 Å². The zero-order chi connectivity index (χ0) is 13.5. The van der Waals surface area contributed by atoms with Crippen molar-refractivity contribution in [1.82, 2.24) is 0 Å². The third-order valence-corrected chi connectivity index (χ3v) is 2.53. The van der Waals surface area contributed by atoms with Crippen LogP contribution in [0, 0.1) is 5.82 Å². The summed E-state index contributed by atoms with van der Waals surface area (Å²) < 4.78 is 23.4. The maximum Gasteiger partial charge on any atom is 0.707 e. The summed E-state index contributed by atoms with van der Waals surface area (Å²) in [6, 6.07) is 2.32. The number of fused-ring (bicyclic) bond motifs is 1. The van der Waals surface area contributed by atoms with E-state index in [1.165, 1.54) is 6.07 Å². The number of ether oxygens (including phenoxy) is 1. The van der Waals surface area contributed by atoms with Crippen LogP contribution >= 0.6 is 0 Å². The smallest absolute Gasteiger partial charge is 0.512 e. The van der Waals surface area contributed by atoms with Crippen LogP contribution < -0.4 is 9.97 Å².